The fourth-order valence-electron chi connectivity index (χ4n) is 1.47. The third-order valence-corrected chi connectivity index (χ3v) is 6.93. The van der Waals surface area contributed by atoms with Crippen molar-refractivity contribution in [2.75, 3.05) is 4.72 Å². The van der Waals surface area contributed by atoms with E-state index in [4.69, 9.17) is 11.6 Å². The molecule has 0 fully saturated rings. The van der Waals surface area contributed by atoms with Crippen LogP contribution in [-0.4, -0.2) is 8.42 Å². The molecule has 1 N–H and O–H groups in total. The number of anilines is 1. The molecule has 0 aliphatic carbocycles. The Hall–Kier alpha value is -0.560. The summed E-state index contributed by atoms with van der Waals surface area (Å²) in [6.07, 6.45) is 0.820. The second-order valence-corrected chi connectivity index (χ2v) is 8.06. The summed E-state index contributed by atoms with van der Waals surface area (Å²) in [5, 5.41) is 0.459. The van der Waals surface area contributed by atoms with Crippen molar-refractivity contribution >= 4 is 54.6 Å². The van der Waals surface area contributed by atoms with E-state index < -0.39 is 10.0 Å². The van der Waals surface area contributed by atoms with Gasteiger partial charge in [0.1, 0.15) is 4.21 Å². The van der Waals surface area contributed by atoms with Gasteiger partial charge in [-0.05, 0) is 46.6 Å². The molecule has 0 amide bonds. The molecule has 0 unspecified atom stereocenters. The van der Waals surface area contributed by atoms with E-state index in [1.807, 2.05) is 13.0 Å². The molecule has 0 atom stereocenters. The maximum atomic E-state index is 12.2. The number of benzene rings is 1. The Morgan fingerprint density at radius 3 is 2.68 bits per heavy atom. The minimum absolute atomic E-state index is 0.302. The fraction of sp³-hybridized carbons (Fsp3) is 0.167. The highest BCUT2D eigenvalue weighted by molar-refractivity contribution is 9.10. The van der Waals surface area contributed by atoms with Crippen molar-refractivity contribution in [1.82, 2.24) is 0 Å². The molecule has 2 aromatic rings. The summed E-state index contributed by atoms with van der Waals surface area (Å²) in [7, 11) is -3.56. The van der Waals surface area contributed by atoms with Crippen LogP contribution >= 0.6 is 38.9 Å². The summed E-state index contributed by atoms with van der Waals surface area (Å²) in [6.45, 7) is 1.99. The van der Waals surface area contributed by atoms with E-state index in [0.29, 0.717) is 19.4 Å². The highest BCUT2D eigenvalue weighted by Gasteiger charge is 2.18. The van der Waals surface area contributed by atoms with Crippen LogP contribution in [-0.2, 0) is 16.4 Å². The monoisotopic (exact) mass is 379 g/mol. The zero-order valence-corrected chi connectivity index (χ0v) is 14.0. The lowest BCUT2D eigenvalue weighted by Crippen LogP contribution is -2.11. The van der Waals surface area contributed by atoms with Crippen LogP contribution in [0.4, 0.5) is 5.69 Å². The summed E-state index contributed by atoms with van der Waals surface area (Å²) < 4.78 is 27.8. The second-order valence-electron chi connectivity index (χ2n) is 3.78. The van der Waals surface area contributed by atoms with E-state index in [9.17, 15) is 8.42 Å². The molecule has 0 bridgehead atoms. The van der Waals surface area contributed by atoms with Crippen molar-refractivity contribution in [3.63, 3.8) is 0 Å². The molecule has 7 heteroatoms. The van der Waals surface area contributed by atoms with Gasteiger partial charge in [-0.2, -0.15) is 0 Å². The van der Waals surface area contributed by atoms with Gasteiger partial charge in [0.2, 0.25) is 0 Å². The first-order valence-electron chi connectivity index (χ1n) is 5.49. The van der Waals surface area contributed by atoms with Crippen LogP contribution in [0, 0.1) is 0 Å². The molecule has 1 aromatic heterocycles. The summed E-state index contributed by atoms with van der Waals surface area (Å²) in [5.41, 5.74) is 0.430. The standard InChI is InChI=1S/C12H11BrClNO2S2/c1-2-8-6-7-11(18-8)19(16,17)15-10-5-3-4-9(14)12(10)13/h3-7,15H,2H2,1H3. The molecule has 3 nitrogen and oxygen atoms in total. The van der Waals surface area contributed by atoms with E-state index in [0.717, 1.165) is 11.3 Å². The van der Waals surface area contributed by atoms with Crippen LogP contribution in [0.25, 0.3) is 0 Å². The predicted octanol–water partition coefficient (Wildman–Crippen LogP) is 4.53. The molecule has 0 spiro atoms. The molecule has 0 aliphatic heterocycles. The van der Waals surface area contributed by atoms with Crippen LogP contribution in [0.2, 0.25) is 5.02 Å². The Labute approximate surface area is 129 Å². The molecule has 0 saturated heterocycles. The number of sulfonamides is 1. The third-order valence-electron chi connectivity index (χ3n) is 2.45. The zero-order valence-electron chi connectivity index (χ0n) is 9.98. The number of hydrogen-bond donors (Lipinski definition) is 1. The van der Waals surface area contributed by atoms with Crippen LogP contribution in [0.3, 0.4) is 0 Å². The van der Waals surface area contributed by atoms with E-state index in [-0.39, 0.29) is 0 Å². The Balaban J connectivity index is 2.33. The number of thiophene rings is 1. The minimum Gasteiger partial charge on any atom is -0.278 e. The van der Waals surface area contributed by atoms with Gasteiger partial charge in [0.15, 0.2) is 0 Å². The van der Waals surface area contributed by atoms with Crippen LogP contribution < -0.4 is 4.72 Å². The number of aryl methyl sites for hydroxylation is 1. The molecule has 1 aromatic carbocycles. The predicted molar refractivity (Wildman–Crippen MR) is 83.7 cm³/mol. The van der Waals surface area contributed by atoms with Gasteiger partial charge >= 0.3 is 0 Å². The van der Waals surface area contributed by atoms with Gasteiger partial charge in [-0.15, -0.1) is 11.3 Å². The highest BCUT2D eigenvalue weighted by atomic mass is 79.9. The Morgan fingerprint density at radius 1 is 1.32 bits per heavy atom. The zero-order chi connectivity index (χ0) is 14.0. The number of rotatable bonds is 4. The van der Waals surface area contributed by atoms with Crippen LogP contribution in [0.1, 0.15) is 11.8 Å². The number of hydrogen-bond acceptors (Lipinski definition) is 3. The average molecular weight is 381 g/mol. The van der Waals surface area contributed by atoms with Gasteiger partial charge in [-0.25, -0.2) is 8.42 Å². The van der Waals surface area contributed by atoms with Crippen molar-refractivity contribution in [3.8, 4) is 0 Å². The van der Waals surface area contributed by atoms with Crippen molar-refractivity contribution in [1.29, 1.82) is 0 Å². The third kappa shape index (κ3) is 3.31. The van der Waals surface area contributed by atoms with Crippen molar-refractivity contribution in [3.05, 3.63) is 44.7 Å². The number of nitrogens with one attached hydrogen (secondary N) is 1. The summed E-state index contributed by atoms with van der Waals surface area (Å²) in [6, 6.07) is 8.47. The molecular weight excluding hydrogens is 370 g/mol. The summed E-state index contributed by atoms with van der Waals surface area (Å²) in [5.74, 6) is 0. The fourth-order valence-corrected chi connectivity index (χ4v) is 4.51. The van der Waals surface area contributed by atoms with Gasteiger partial charge in [0, 0.05) is 4.88 Å². The largest absolute Gasteiger partial charge is 0.278 e. The van der Waals surface area contributed by atoms with Gasteiger partial charge < -0.3 is 0 Å². The topological polar surface area (TPSA) is 46.2 Å². The molecule has 2 rings (SSSR count). The molecule has 0 radical (unpaired) electrons. The number of halogens is 2. The first-order chi connectivity index (χ1) is 8.94. The Kier molecular flexibility index (Phi) is 4.55. The molecule has 0 saturated carbocycles. The maximum Gasteiger partial charge on any atom is 0.271 e. The van der Waals surface area contributed by atoms with E-state index in [2.05, 4.69) is 20.7 Å². The van der Waals surface area contributed by atoms with Crippen molar-refractivity contribution < 1.29 is 8.42 Å². The lowest BCUT2D eigenvalue weighted by molar-refractivity contribution is 0.603. The lowest BCUT2D eigenvalue weighted by Gasteiger charge is -2.09. The molecule has 0 aliphatic rings. The van der Waals surface area contributed by atoms with Crippen molar-refractivity contribution in [2.24, 2.45) is 0 Å². The molecule has 1 heterocycles. The van der Waals surface area contributed by atoms with E-state index >= 15 is 0 Å². The van der Waals surface area contributed by atoms with E-state index in [1.54, 1.807) is 24.3 Å². The normalized spacial score (nSPS) is 11.5. The first kappa shape index (κ1) is 14.8. The van der Waals surface area contributed by atoms with Crippen LogP contribution in [0.5, 0.6) is 0 Å². The molecule has 102 valence electrons. The first-order valence-corrected chi connectivity index (χ1v) is 8.96. The summed E-state index contributed by atoms with van der Waals surface area (Å²) >= 11 is 10.5. The lowest BCUT2D eigenvalue weighted by atomic mass is 10.3. The molecular formula is C12H11BrClNO2S2. The SMILES string of the molecule is CCc1ccc(S(=O)(=O)Nc2cccc(Cl)c2Br)s1. The van der Waals surface area contributed by atoms with Gasteiger partial charge in [0.05, 0.1) is 15.2 Å². The quantitative estimate of drug-likeness (QED) is 0.847. The minimum atomic E-state index is -3.56. The van der Waals surface area contributed by atoms with E-state index in [1.165, 1.54) is 11.3 Å². The van der Waals surface area contributed by atoms with Crippen LogP contribution in [0.15, 0.2) is 39.0 Å². The van der Waals surface area contributed by atoms with Gasteiger partial charge in [0.25, 0.3) is 10.0 Å². The smallest absolute Gasteiger partial charge is 0.271 e. The molecule has 19 heavy (non-hydrogen) atoms. The van der Waals surface area contributed by atoms with Gasteiger partial charge in [-0.1, -0.05) is 24.6 Å². The Bertz CT molecular complexity index is 698. The maximum absolute atomic E-state index is 12.2. The highest BCUT2D eigenvalue weighted by Crippen LogP contribution is 2.32. The van der Waals surface area contributed by atoms with Gasteiger partial charge in [-0.3, -0.25) is 4.72 Å². The van der Waals surface area contributed by atoms with Crippen molar-refractivity contribution in [2.45, 2.75) is 17.6 Å². The average Bonchev–Trinajstić information content (AvgIpc) is 2.84. The second kappa shape index (κ2) is 5.83. The summed E-state index contributed by atoms with van der Waals surface area (Å²) in [4.78, 5) is 1.03. The Morgan fingerprint density at radius 2 is 2.05 bits per heavy atom.